The van der Waals surface area contributed by atoms with Crippen LogP contribution in [0.15, 0.2) is 18.2 Å². The fourth-order valence-electron chi connectivity index (χ4n) is 1.42. The molecule has 0 spiro atoms. The maximum Gasteiger partial charge on any atom is 0.471 e. The smallest absolute Gasteiger partial charge is 0.471 e. The number of aromatic amines is 1. The zero-order valence-electron chi connectivity index (χ0n) is 9.08. The van der Waals surface area contributed by atoms with Crippen LogP contribution in [0.3, 0.4) is 0 Å². The molecule has 0 saturated heterocycles. The first kappa shape index (κ1) is 12.9. The number of carboxylic acids is 1. The highest BCUT2D eigenvalue weighted by Crippen LogP contribution is 2.24. The lowest BCUT2D eigenvalue weighted by Gasteiger charge is -2.05. The summed E-state index contributed by atoms with van der Waals surface area (Å²) in [5.74, 6) is -3.79. The van der Waals surface area contributed by atoms with Gasteiger partial charge in [0.2, 0.25) is 0 Å². The molecule has 1 aromatic carbocycles. The van der Waals surface area contributed by atoms with Crippen LogP contribution in [0.4, 0.5) is 19.0 Å². The molecule has 9 heteroatoms. The average Bonchev–Trinajstić information content (AvgIpc) is 2.70. The largest absolute Gasteiger partial charge is 0.478 e. The molecule has 0 saturated carbocycles. The van der Waals surface area contributed by atoms with E-state index in [0.29, 0.717) is 5.52 Å². The van der Waals surface area contributed by atoms with Crippen molar-refractivity contribution in [2.75, 3.05) is 5.32 Å². The van der Waals surface area contributed by atoms with Gasteiger partial charge >= 0.3 is 18.1 Å². The van der Waals surface area contributed by atoms with Crippen molar-refractivity contribution in [1.29, 1.82) is 0 Å². The van der Waals surface area contributed by atoms with Crippen LogP contribution >= 0.6 is 0 Å². The zero-order valence-corrected chi connectivity index (χ0v) is 9.08. The Morgan fingerprint density at radius 1 is 1.32 bits per heavy atom. The highest BCUT2D eigenvalue weighted by Gasteiger charge is 2.39. The first-order valence-electron chi connectivity index (χ1n) is 4.88. The number of hydrogen-bond acceptors (Lipinski definition) is 3. The molecule has 0 atom stereocenters. The Bertz CT molecular complexity index is 663. The van der Waals surface area contributed by atoms with E-state index in [-0.39, 0.29) is 16.8 Å². The number of anilines is 1. The summed E-state index contributed by atoms with van der Waals surface area (Å²) < 4.78 is 36.3. The van der Waals surface area contributed by atoms with E-state index in [9.17, 15) is 22.8 Å². The van der Waals surface area contributed by atoms with Gasteiger partial charge in [-0.3, -0.25) is 9.89 Å². The summed E-state index contributed by atoms with van der Waals surface area (Å²) in [6.07, 6.45) is -5.05. The van der Waals surface area contributed by atoms with E-state index in [1.165, 1.54) is 12.1 Å². The maximum atomic E-state index is 12.1. The minimum atomic E-state index is -5.05. The van der Waals surface area contributed by atoms with Gasteiger partial charge in [-0.25, -0.2) is 4.79 Å². The highest BCUT2D eigenvalue weighted by molar-refractivity contribution is 6.03. The second-order valence-corrected chi connectivity index (χ2v) is 3.59. The Morgan fingerprint density at radius 3 is 2.58 bits per heavy atom. The number of hydrogen-bond donors (Lipinski definition) is 3. The second-order valence-electron chi connectivity index (χ2n) is 3.59. The van der Waals surface area contributed by atoms with E-state index in [1.54, 1.807) is 5.32 Å². The molecule has 0 aliphatic heterocycles. The Hall–Kier alpha value is -2.58. The van der Waals surface area contributed by atoms with Crippen LogP contribution in [0.5, 0.6) is 0 Å². The number of nitrogens with one attached hydrogen (secondary N) is 2. The summed E-state index contributed by atoms with van der Waals surface area (Å²) in [6.45, 7) is 0. The number of carbonyl (C=O) groups excluding carboxylic acids is 1. The van der Waals surface area contributed by atoms with Crippen molar-refractivity contribution in [2.45, 2.75) is 6.18 Å². The number of amides is 1. The van der Waals surface area contributed by atoms with E-state index in [0.717, 1.165) is 6.07 Å². The van der Waals surface area contributed by atoms with Gasteiger partial charge in [-0.2, -0.15) is 18.3 Å². The summed E-state index contributed by atoms with van der Waals surface area (Å²) in [5.41, 5.74) is 0.180. The van der Waals surface area contributed by atoms with Crippen LogP contribution in [0.25, 0.3) is 10.9 Å². The number of H-pyrrole nitrogens is 1. The number of benzene rings is 1. The lowest BCUT2D eigenvalue weighted by molar-refractivity contribution is -0.167. The van der Waals surface area contributed by atoms with Crippen LogP contribution in [-0.2, 0) is 4.79 Å². The standard InChI is InChI=1S/C10H6F3N3O3/c11-10(12,13)9(19)14-7-5-3-4(8(17)18)1-2-6(5)15-16-7/h1-3H,(H,17,18)(H2,14,15,16,19). The average molecular weight is 273 g/mol. The van der Waals surface area contributed by atoms with E-state index >= 15 is 0 Å². The number of fused-ring (bicyclic) bond motifs is 1. The van der Waals surface area contributed by atoms with Crippen molar-refractivity contribution in [3.8, 4) is 0 Å². The summed E-state index contributed by atoms with van der Waals surface area (Å²) in [4.78, 5) is 21.5. The van der Waals surface area contributed by atoms with Crippen LogP contribution in [0.2, 0.25) is 0 Å². The number of aromatic carboxylic acids is 1. The number of rotatable bonds is 2. The van der Waals surface area contributed by atoms with Gasteiger partial charge in [-0.15, -0.1) is 0 Å². The Kier molecular flexibility index (Phi) is 2.89. The summed E-state index contributed by atoms with van der Waals surface area (Å²) in [6, 6.07) is 3.72. The molecule has 0 bridgehead atoms. The molecule has 19 heavy (non-hydrogen) atoms. The molecular weight excluding hydrogens is 267 g/mol. The zero-order chi connectivity index (χ0) is 14.2. The van der Waals surface area contributed by atoms with Crippen LogP contribution in [0, 0.1) is 0 Å². The minimum Gasteiger partial charge on any atom is -0.478 e. The van der Waals surface area contributed by atoms with Crippen LogP contribution in [-0.4, -0.2) is 33.4 Å². The molecule has 1 heterocycles. The first-order chi connectivity index (χ1) is 8.79. The quantitative estimate of drug-likeness (QED) is 0.777. The highest BCUT2D eigenvalue weighted by atomic mass is 19.4. The minimum absolute atomic E-state index is 0.0810. The Labute approximate surface area is 103 Å². The predicted molar refractivity (Wildman–Crippen MR) is 57.7 cm³/mol. The molecule has 1 amide bonds. The fourth-order valence-corrected chi connectivity index (χ4v) is 1.42. The fraction of sp³-hybridized carbons (Fsp3) is 0.100. The monoisotopic (exact) mass is 273 g/mol. The van der Waals surface area contributed by atoms with Crippen LogP contribution in [0.1, 0.15) is 10.4 Å². The van der Waals surface area contributed by atoms with Gasteiger partial charge in [0.05, 0.1) is 11.1 Å². The molecule has 0 aliphatic rings. The topological polar surface area (TPSA) is 95.1 Å². The normalized spacial score (nSPS) is 11.5. The second kappa shape index (κ2) is 4.26. The van der Waals surface area contributed by atoms with Gasteiger partial charge in [0.1, 0.15) is 0 Å². The first-order valence-corrected chi connectivity index (χ1v) is 4.88. The predicted octanol–water partition coefficient (Wildman–Crippen LogP) is 1.76. The van der Waals surface area contributed by atoms with Gasteiger partial charge in [0.15, 0.2) is 5.82 Å². The van der Waals surface area contributed by atoms with Crippen molar-refractivity contribution in [1.82, 2.24) is 10.2 Å². The molecule has 0 radical (unpaired) electrons. The number of nitrogens with zero attached hydrogens (tertiary/aromatic N) is 1. The van der Waals surface area contributed by atoms with E-state index in [4.69, 9.17) is 5.11 Å². The molecule has 0 aliphatic carbocycles. The van der Waals surface area contributed by atoms with Gasteiger partial charge in [-0.1, -0.05) is 0 Å². The number of carboxylic acid groups (broad SMARTS) is 1. The molecule has 2 aromatic rings. The summed E-state index contributed by atoms with van der Waals surface area (Å²) in [7, 11) is 0. The molecular formula is C10H6F3N3O3. The summed E-state index contributed by atoms with van der Waals surface area (Å²) in [5, 5.41) is 16.3. The third kappa shape index (κ3) is 2.49. The van der Waals surface area contributed by atoms with E-state index in [2.05, 4.69) is 10.2 Å². The molecule has 0 unspecified atom stereocenters. The maximum absolute atomic E-state index is 12.1. The van der Waals surface area contributed by atoms with Crippen LogP contribution < -0.4 is 5.32 Å². The molecule has 0 fully saturated rings. The lowest BCUT2D eigenvalue weighted by atomic mass is 10.1. The lowest BCUT2D eigenvalue weighted by Crippen LogP contribution is -2.30. The van der Waals surface area contributed by atoms with Gasteiger partial charge in [0.25, 0.3) is 0 Å². The Morgan fingerprint density at radius 2 is 2.00 bits per heavy atom. The summed E-state index contributed by atoms with van der Waals surface area (Å²) >= 11 is 0. The number of aromatic nitrogens is 2. The molecule has 3 N–H and O–H groups in total. The molecule has 1 aromatic heterocycles. The molecule has 6 nitrogen and oxygen atoms in total. The number of alkyl halides is 3. The van der Waals surface area contributed by atoms with Gasteiger partial charge in [0, 0.05) is 5.39 Å². The van der Waals surface area contributed by atoms with Gasteiger partial charge < -0.3 is 10.4 Å². The van der Waals surface area contributed by atoms with Crippen molar-refractivity contribution in [3.05, 3.63) is 23.8 Å². The third-order valence-electron chi connectivity index (χ3n) is 2.30. The van der Waals surface area contributed by atoms with E-state index < -0.39 is 18.1 Å². The van der Waals surface area contributed by atoms with Gasteiger partial charge in [-0.05, 0) is 18.2 Å². The van der Waals surface area contributed by atoms with Crippen molar-refractivity contribution >= 4 is 28.6 Å². The van der Waals surface area contributed by atoms with E-state index in [1.807, 2.05) is 0 Å². The number of carbonyl (C=O) groups is 2. The third-order valence-corrected chi connectivity index (χ3v) is 2.30. The number of halogens is 3. The van der Waals surface area contributed by atoms with Crippen molar-refractivity contribution < 1.29 is 27.9 Å². The van der Waals surface area contributed by atoms with Crippen molar-refractivity contribution in [3.63, 3.8) is 0 Å². The SMILES string of the molecule is O=C(O)c1ccc2[nH]nc(NC(=O)C(F)(F)F)c2c1. The van der Waals surface area contributed by atoms with Crippen molar-refractivity contribution in [2.24, 2.45) is 0 Å². The Balaban J connectivity index is 2.41. The molecule has 100 valence electrons. The molecule has 2 rings (SSSR count).